The van der Waals surface area contributed by atoms with Crippen LogP contribution in [0.25, 0.3) is 11.4 Å². The molecule has 1 aliphatic rings. The first-order chi connectivity index (χ1) is 16.4. The van der Waals surface area contributed by atoms with Crippen molar-refractivity contribution in [3.63, 3.8) is 0 Å². The van der Waals surface area contributed by atoms with Crippen LogP contribution in [-0.2, 0) is 9.84 Å². The number of aromatic nitrogens is 4. The van der Waals surface area contributed by atoms with Crippen molar-refractivity contribution in [1.82, 2.24) is 30.8 Å². The molecule has 11 heteroatoms. The standard InChI is InChI=1S/C23H28N6O4S/c1-34(31,32)19-9-7-17(8-10-19)23(30)24-18-11-14-29(15-12-18)13-4-16-33-21-6-3-2-5-20(21)22-25-27-28-26-22/h2-3,5-10,18H,4,11-16H2,1H3,(H,24,30)(H,25,26,27,28). The summed E-state index contributed by atoms with van der Waals surface area (Å²) in [6.07, 6.45) is 3.77. The number of sulfone groups is 1. The fourth-order valence-electron chi connectivity index (χ4n) is 3.95. The number of amides is 1. The Labute approximate surface area is 198 Å². The van der Waals surface area contributed by atoms with Gasteiger partial charge in [0.2, 0.25) is 0 Å². The first kappa shape index (κ1) is 23.8. The smallest absolute Gasteiger partial charge is 0.251 e. The number of piperidine rings is 1. The minimum absolute atomic E-state index is 0.108. The summed E-state index contributed by atoms with van der Waals surface area (Å²) in [5.41, 5.74) is 1.29. The van der Waals surface area contributed by atoms with Gasteiger partial charge in [-0.15, -0.1) is 5.10 Å². The Morgan fingerprint density at radius 2 is 1.88 bits per heavy atom. The number of nitrogens with one attached hydrogen (secondary N) is 2. The highest BCUT2D eigenvalue weighted by Gasteiger charge is 2.21. The Hall–Kier alpha value is -3.31. The third-order valence-corrected chi connectivity index (χ3v) is 6.96. The van der Waals surface area contributed by atoms with E-state index in [4.69, 9.17) is 4.74 Å². The lowest BCUT2D eigenvalue weighted by Gasteiger charge is -2.32. The summed E-state index contributed by atoms with van der Waals surface area (Å²) in [4.78, 5) is 15.1. The van der Waals surface area contributed by atoms with E-state index >= 15 is 0 Å². The summed E-state index contributed by atoms with van der Waals surface area (Å²) in [6.45, 7) is 3.30. The van der Waals surface area contributed by atoms with E-state index in [1.54, 1.807) is 12.1 Å². The molecule has 3 aromatic rings. The number of benzene rings is 2. The molecule has 0 aliphatic carbocycles. The maximum Gasteiger partial charge on any atom is 0.251 e. The number of hydrogen-bond acceptors (Lipinski definition) is 8. The van der Waals surface area contributed by atoms with Crippen molar-refractivity contribution in [2.75, 3.05) is 32.5 Å². The van der Waals surface area contributed by atoms with Gasteiger partial charge in [0.25, 0.3) is 5.91 Å². The topological polar surface area (TPSA) is 130 Å². The Kier molecular flexibility index (Phi) is 7.53. The van der Waals surface area contributed by atoms with E-state index in [1.165, 1.54) is 12.1 Å². The molecule has 2 aromatic carbocycles. The van der Waals surface area contributed by atoms with Gasteiger partial charge >= 0.3 is 0 Å². The molecule has 0 spiro atoms. The molecule has 0 bridgehead atoms. The van der Waals surface area contributed by atoms with Crippen molar-refractivity contribution in [2.45, 2.75) is 30.2 Å². The molecule has 1 aliphatic heterocycles. The zero-order valence-corrected chi connectivity index (χ0v) is 19.8. The second-order valence-corrected chi connectivity index (χ2v) is 10.3. The van der Waals surface area contributed by atoms with Gasteiger partial charge in [-0.25, -0.2) is 13.5 Å². The summed E-state index contributed by atoms with van der Waals surface area (Å²) in [5, 5.41) is 17.0. The van der Waals surface area contributed by atoms with Gasteiger partial charge in [0.05, 0.1) is 17.1 Å². The van der Waals surface area contributed by atoms with Crippen LogP contribution >= 0.6 is 0 Å². The Bertz CT molecular complexity index is 1190. The lowest BCUT2D eigenvalue weighted by Crippen LogP contribution is -2.45. The quantitative estimate of drug-likeness (QED) is 0.441. The van der Waals surface area contributed by atoms with E-state index in [9.17, 15) is 13.2 Å². The lowest BCUT2D eigenvalue weighted by atomic mass is 10.0. The normalized spacial score (nSPS) is 15.2. The minimum Gasteiger partial charge on any atom is -0.493 e. The fraction of sp³-hybridized carbons (Fsp3) is 0.391. The highest BCUT2D eigenvalue weighted by atomic mass is 32.2. The van der Waals surface area contributed by atoms with Gasteiger partial charge in [-0.3, -0.25) is 4.79 Å². The maximum absolute atomic E-state index is 12.5. The van der Waals surface area contributed by atoms with Gasteiger partial charge in [0.1, 0.15) is 5.75 Å². The zero-order chi connectivity index (χ0) is 24.0. The molecule has 2 N–H and O–H groups in total. The van der Waals surface area contributed by atoms with Crippen molar-refractivity contribution in [3.8, 4) is 17.1 Å². The molecule has 1 aromatic heterocycles. The number of carbonyl (C=O) groups is 1. The Morgan fingerprint density at radius 3 is 2.56 bits per heavy atom. The average Bonchev–Trinajstić information content (AvgIpc) is 3.37. The average molecular weight is 485 g/mol. The van der Waals surface area contributed by atoms with Crippen molar-refractivity contribution >= 4 is 15.7 Å². The van der Waals surface area contributed by atoms with Crippen molar-refractivity contribution in [1.29, 1.82) is 0 Å². The van der Waals surface area contributed by atoms with Crippen LogP contribution < -0.4 is 10.1 Å². The predicted octanol–water partition coefficient (Wildman–Crippen LogP) is 1.93. The molecule has 1 amide bonds. The number of H-pyrrole nitrogens is 1. The first-order valence-corrected chi connectivity index (χ1v) is 13.1. The Morgan fingerprint density at radius 1 is 1.15 bits per heavy atom. The maximum atomic E-state index is 12.5. The molecular weight excluding hydrogens is 456 g/mol. The van der Waals surface area contributed by atoms with E-state index in [1.807, 2.05) is 24.3 Å². The number of nitrogens with zero attached hydrogens (tertiary/aromatic N) is 4. The van der Waals surface area contributed by atoms with Crippen LogP contribution in [-0.4, -0.2) is 78.4 Å². The molecule has 1 saturated heterocycles. The molecular formula is C23H28N6O4S. The van der Waals surface area contributed by atoms with Crippen LogP contribution in [0.5, 0.6) is 5.75 Å². The molecule has 0 radical (unpaired) electrons. The lowest BCUT2D eigenvalue weighted by molar-refractivity contribution is 0.0909. The summed E-state index contributed by atoms with van der Waals surface area (Å²) < 4.78 is 29.1. The third kappa shape index (κ3) is 6.17. The number of carbonyl (C=O) groups excluding carboxylic acids is 1. The molecule has 4 rings (SSSR count). The first-order valence-electron chi connectivity index (χ1n) is 11.2. The summed E-state index contributed by atoms with van der Waals surface area (Å²) in [6, 6.07) is 13.8. The van der Waals surface area contributed by atoms with E-state index < -0.39 is 9.84 Å². The van der Waals surface area contributed by atoms with Crippen molar-refractivity contribution < 1.29 is 17.9 Å². The van der Waals surface area contributed by atoms with Gasteiger partial charge < -0.3 is 15.0 Å². The SMILES string of the molecule is CS(=O)(=O)c1ccc(C(=O)NC2CCN(CCCOc3ccccc3-c3nnn[nH]3)CC2)cc1. The van der Waals surface area contributed by atoms with Crippen LogP contribution in [0.3, 0.4) is 0 Å². The molecule has 2 heterocycles. The van der Waals surface area contributed by atoms with Gasteiger partial charge in [-0.2, -0.15) is 0 Å². The summed E-state index contributed by atoms with van der Waals surface area (Å²) in [7, 11) is -3.27. The van der Waals surface area contributed by atoms with E-state index in [0.29, 0.717) is 18.0 Å². The molecule has 1 fully saturated rings. The number of ether oxygens (including phenoxy) is 1. The van der Waals surface area contributed by atoms with Gasteiger partial charge in [-0.1, -0.05) is 12.1 Å². The number of likely N-dealkylation sites (tertiary alicyclic amines) is 1. The largest absolute Gasteiger partial charge is 0.493 e. The summed E-state index contributed by atoms with van der Waals surface area (Å²) >= 11 is 0. The summed E-state index contributed by atoms with van der Waals surface area (Å²) in [5.74, 6) is 1.14. The highest BCUT2D eigenvalue weighted by molar-refractivity contribution is 7.90. The Balaban J connectivity index is 1.18. The third-order valence-electron chi connectivity index (χ3n) is 5.83. The molecule has 180 valence electrons. The molecule has 10 nitrogen and oxygen atoms in total. The van der Waals surface area contributed by atoms with E-state index in [2.05, 4.69) is 30.8 Å². The van der Waals surface area contributed by atoms with Gasteiger partial charge in [0.15, 0.2) is 15.7 Å². The van der Waals surface area contributed by atoms with E-state index in [-0.39, 0.29) is 16.8 Å². The van der Waals surface area contributed by atoms with Crippen LogP contribution in [0.4, 0.5) is 0 Å². The molecule has 0 unspecified atom stereocenters. The second kappa shape index (κ2) is 10.7. The number of hydrogen-bond donors (Lipinski definition) is 2. The zero-order valence-electron chi connectivity index (χ0n) is 19.0. The molecule has 0 saturated carbocycles. The molecule has 0 atom stereocenters. The van der Waals surface area contributed by atoms with E-state index in [0.717, 1.165) is 56.5 Å². The number of para-hydroxylation sites is 1. The number of tetrazole rings is 1. The second-order valence-electron chi connectivity index (χ2n) is 8.33. The predicted molar refractivity (Wildman–Crippen MR) is 126 cm³/mol. The van der Waals surface area contributed by atoms with Crippen LogP contribution in [0.2, 0.25) is 0 Å². The highest BCUT2D eigenvalue weighted by Crippen LogP contribution is 2.26. The van der Waals surface area contributed by atoms with Gasteiger partial charge in [-0.05, 0) is 66.1 Å². The van der Waals surface area contributed by atoms with Crippen LogP contribution in [0, 0.1) is 0 Å². The van der Waals surface area contributed by atoms with Crippen LogP contribution in [0.15, 0.2) is 53.4 Å². The fourth-order valence-corrected chi connectivity index (χ4v) is 4.59. The van der Waals surface area contributed by atoms with Crippen molar-refractivity contribution in [2.24, 2.45) is 0 Å². The number of aromatic amines is 1. The van der Waals surface area contributed by atoms with Crippen molar-refractivity contribution in [3.05, 3.63) is 54.1 Å². The minimum atomic E-state index is -3.27. The number of rotatable bonds is 9. The monoisotopic (exact) mass is 484 g/mol. The molecule has 34 heavy (non-hydrogen) atoms. The van der Waals surface area contributed by atoms with Crippen LogP contribution in [0.1, 0.15) is 29.6 Å². The van der Waals surface area contributed by atoms with Gasteiger partial charge in [0, 0.05) is 37.5 Å².